The molecule has 0 aromatic carbocycles. The molecule has 0 fully saturated rings. The van der Waals surface area contributed by atoms with E-state index in [-0.39, 0.29) is 0 Å². The van der Waals surface area contributed by atoms with E-state index in [1.807, 2.05) is 0 Å². The van der Waals surface area contributed by atoms with Crippen LogP contribution in [0, 0.1) is 0 Å². The zero-order valence-electron chi connectivity index (χ0n) is 11.0. The standard InChI is InChI=1S/C9H8F11IO3/c10-5(7(13,14)15,3-23-2-4(21)1-22)24-9(19,20)6(11,12)8(16,17)18/h4,22H,1-3H2. The van der Waals surface area contributed by atoms with E-state index in [1.54, 1.807) is 0 Å². The molecular formula is C9H8F11IO3. The van der Waals surface area contributed by atoms with Crippen LogP contribution in [0.15, 0.2) is 0 Å². The number of ether oxygens (including phenoxy) is 2. The largest absolute Gasteiger partial charge is 0.462 e. The maximum Gasteiger partial charge on any atom is 0.462 e. The highest BCUT2D eigenvalue weighted by molar-refractivity contribution is 14.1. The summed E-state index contributed by atoms with van der Waals surface area (Å²) in [6.07, 6.45) is -20.3. The third kappa shape index (κ3) is 5.42. The summed E-state index contributed by atoms with van der Waals surface area (Å²) >= 11 is 1.39. The lowest BCUT2D eigenvalue weighted by Crippen LogP contribution is -2.60. The average Bonchev–Trinajstić information content (AvgIpc) is 2.34. The normalized spacial score (nSPS) is 18.4. The molecule has 0 heterocycles. The molecule has 0 bridgehead atoms. The molecule has 24 heavy (non-hydrogen) atoms. The minimum absolute atomic E-state index is 0.685. The maximum absolute atomic E-state index is 13.5. The monoisotopic (exact) mass is 500 g/mol. The van der Waals surface area contributed by atoms with Crippen LogP contribution in [0.25, 0.3) is 0 Å². The number of aliphatic hydroxyl groups is 1. The Hall–Kier alpha value is -0.160. The van der Waals surface area contributed by atoms with Crippen LogP contribution in [0.5, 0.6) is 0 Å². The lowest BCUT2D eigenvalue weighted by atomic mass is 10.2. The Morgan fingerprint density at radius 3 is 1.62 bits per heavy atom. The van der Waals surface area contributed by atoms with Gasteiger partial charge >= 0.3 is 30.2 Å². The first-order chi connectivity index (χ1) is 10.4. The topological polar surface area (TPSA) is 38.7 Å². The molecule has 0 spiro atoms. The van der Waals surface area contributed by atoms with Crippen molar-refractivity contribution in [3.63, 3.8) is 0 Å². The third-order valence-electron chi connectivity index (χ3n) is 2.22. The first-order valence-electron chi connectivity index (χ1n) is 5.52. The number of aliphatic hydroxyl groups excluding tert-OH is 1. The van der Waals surface area contributed by atoms with Crippen LogP contribution in [0.3, 0.4) is 0 Å². The Bertz CT molecular complexity index is 411. The molecule has 0 aromatic rings. The molecular weight excluding hydrogens is 492 g/mol. The summed E-state index contributed by atoms with van der Waals surface area (Å²) in [5.74, 6) is -12.8. The molecule has 0 amide bonds. The van der Waals surface area contributed by atoms with E-state index >= 15 is 0 Å². The van der Waals surface area contributed by atoms with Gasteiger partial charge in [0.2, 0.25) is 0 Å². The van der Waals surface area contributed by atoms with Crippen LogP contribution in [-0.4, -0.2) is 59.1 Å². The predicted octanol–water partition coefficient (Wildman–Crippen LogP) is 3.83. The van der Waals surface area contributed by atoms with E-state index in [9.17, 15) is 48.3 Å². The minimum atomic E-state index is -7.10. The van der Waals surface area contributed by atoms with Gasteiger partial charge in [-0.1, -0.05) is 22.6 Å². The summed E-state index contributed by atoms with van der Waals surface area (Å²) in [7, 11) is 0. The molecule has 146 valence electrons. The molecule has 0 aromatic heterocycles. The Morgan fingerprint density at radius 1 is 0.833 bits per heavy atom. The summed E-state index contributed by atoms with van der Waals surface area (Å²) < 4.78 is 142. The van der Waals surface area contributed by atoms with Crippen molar-refractivity contribution in [2.45, 2.75) is 34.2 Å². The van der Waals surface area contributed by atoms with Crippen molar-refractivity contribution in [2.75, 3.05) is 19.8 Å². The highest BCUT2D eigenvalue weighted by atomic mass is 127. The van der Waals surface area contributed by atoms with Crippen LogP contribution in [0.2, 0.25) is 0 Å². The van der Waals surface area contributed by atoms with Gasteiger partial charge in [0.1, 0.15) is 6.61 Å². The van der Waals surface area contributed by atoms with E-state index < -0.39 is 54.0 Å². The molecule has 1 N–H and O–H groups in total. The quantitative estimate of drug-likeness (QED) is 0.313. The van der Waals surface area contributed by atoms with Crippen molar-refractivity contribution in [3.05, 3.63) is 0 Å². The fraction of sp³-hybridized carbons (Fsp3) is 1.00. The zero-order valence-corrected chi connectivity index (χ0v) is 13.2. The predicted molar refractivity (Wildman–Crippen MR) is 62.6 cm³/mol. The molecule has 15 heteroatoms. The minimum Gasteiger partial charge on any atom is -0.395 e. The summed E-state index contributed by atoms with van der Waals surface area (Å²) in [4.78, 5) is 0. The van der Waals surface area contributed by atoms with Crippen LogP contribution in [0.1, 0.15) is 0 Å². The van der Waals surface area contributed by atoms with Gasteiger partial charge in [0.25, 0.3) is 0 Å². The molecule has 0 aliphatic heterocycles. The first kappa shape index (κ1) is 23.8. The average molecular weight is 500 g/mol. The van der Waals surface area contributed by atoms with Crippen LogP contribution in [0.4, 0.5) is 48.3 Å². The summed E-state index contributed by atoms with van der Waals surface area (Å²) in [6, 6.07) is 0. The van der Waals surface area contributed by atoms with Gasteiger partial charge in [0.15, 0.2) is 0 Å². The number of alkyl halides is 12. The summed E-state index contributed by atoms with van der Waals surface area (Å²) in [5, 5.41) is 8.53. The van der Waals surface area contributed by atoms with E-state index in [2.05, 4.69) is 9.47 Å². The lowest BCUT2D eigenvalue weighted by Gasteiger charge is -2.34. The van der Waals surface area contributed by atoms with Gasteiger partial charge in [0.05, 0.1) is 17.1 Å². The van der Waals surface area contributed by atoms with Crippen LogP contribution < -0.4 is 0 Å². The van der Waals surface area contributed by atoms with E-state index in [0.29, 0.717) is 0 Å². The number of hydrogen-bond donors (Lipinski definition) is 1. The van der Waals surface area contributed by atoms with Gasteiger partial charge < -0.3 is 9.84 Å². The second-order valence-corrected chi connectivity index (χ2v) is 5.97. The van der Waals surface area contributed by atoms with Crippen molar-refractivity contribution in [1.29, 1.82) is 0 Å². The van der Waals surface area contributed by atoms with Gasteiger partial charge in [-0.05, 0) is 0 Å². The van der Waals surface area contributed by atoms with Crippen molar-refractivity contribution >= 4 is 22.6 Å². The fourth-order valence-electron chi connectivity index (χ4n) is 0.972. The lowest BCUT2D eigenvalue weighted by molar-refractivity contribution is -0.486. The van der Waals surface area contributed by atoms with Gasteiger partial charge in [-0.2, -0.15) is 48.3 Å². The molecule has 3 nitrogen and oxygen atoms in total. The van der Waals surface area contributed by atoms with Crippen LogP contribution >= 0.6 is 22.6 Å². The van der Waals surface area contributed by atoms with E-state index in [1.165, 1.54) is 22.6 Å². The second-order valence-electron chi connectivity index (χ2n) is 4.21. The van der Waals surface area contributed by atoms with E-state index in [4.69, 9.17) is 5.11 Å². The Labute approximate surface area is 140 Å². The zero-order chi connectivity index (χ0) is 19.6. The SMILES string of the molecule is OCC(I)COCC(F)(OC(F)(F)C(F)(F)C(F)(F)F)C(F)(F)F. The highest BCUT2D eigenvalue weighted by Crippen LogP contribution is 2.50. The fourth-order valence-corrected chi connectivity index (χ4v) is 1.23. The maximum atomic E-state index is 13.5. The number of halogens is 12. The van der Waals surface area contributed by atoms with Gasteiger partial charge in [-0.25, -0.2) is 0 Å². The smallest absolute Gasteiger partial charge is 0.395 e. The molecule has 0 radical (unpaired) electrons. The summed E-state index contributed by atoms with van der Waals surface area (Å²) in [6.45, 7) is -4.00. The summed E-state index contributed by atoms with van der Waals surface area (Å²) in [5.41, 5.74) is 0. The number of hydrogen-bond acceptors (Lipinski definition) is 3. The van der Waals surface area contributed by atoms with Crippen LogP contribution in [-0.2, 0) is 9.47 Å². The highest BCUT2D eigenvalue weighted by Gasteiger charge is 2.78. The molecule has 0 rings (SSSR count). The first-order valence-corrected chi connectivity index (χ1v) is 6.76. The Kier molecular flexibility index (Phi) is 7.56. The van der Waals surface area contributed by atoms with Gasteiger partial charge in [-0.15, -0.1) is 0 Å². The Balaban J connectivity index is 5.42. The Morgan fingerprint density at radius 2 is 1.29 bits per heavy atom. The van der Waals surface area contributed by atoms with Gasteiger partial charge in [-0.3, -0.25) is 4.74 Å². The second kappa shape index (κ2) is 7.61. The molecule has 2 atom stereocenters. The van der Waals surface area contributed by atoms with E-state index in [0.717, 1.165) is 0 Å². The molecule has 0 saturated carbocycles. The number of rotatable bonds is 8. The van der Waals surface area contributed by atoms with Crippen molar-refractivity contribution in [3.8, 4) is 0 Å². The molecule has 2 unspecified atom stereocenters. The molecule has 0 aliphatic carbocycles. The molecule has 0 aliphatic rings. The van der Waals surface area contributed by atoms with Crippen molar-refractivity contribution < 1.29 is 62.9 Å². The van der Waals surface area contributed by atoms with Crippen molar-refractivity contribution in [1.82, 2.24) is 0 Å². The van der Waals surface area contributed by atoms with Crippen molar-refractivity contribution in [2.24, 2.45) is 0 Å². The third-order valence-corrected chi connectivity index (χ3v) is 2.97. The van der Waals surface area contributed by atoms with Gasteiger partial charge in [0, 0.05) is 0 Å². The molecule has 0 saturated heterocycles.